The normalized spacial score (nSPS) is 13.8. The highest BCUT2D eigenvalue weighted by Gasteiger charge is 2.27. The van der Waals surface area contributed by atoms with Gasteiger partial charge in [0.25, 0.3) is 5.91 Å². The zero-order chi connectivity index (χ0) is 12.7. The van der Waals surface area contributed by atoms with Gasteiger partial charge in [0.15, 0.2) is 0 Å². The molecule has 18 heavy (non-hydrogen) atoms. The molecule has 1 aliphatic heterocycles. The number of carbonyl (C=O) groups excluding carboxylic acids is 1. The standard InChI is InChI=1S/C14H14N2O2/c1-9-13(10(2)18-15-9)14(17)16-7-11-5-3-4-6-12(11)8-16/h3-6H,7-8H2,1-2H3. The summed E-state index contributed by atoms with van der Waals surface area (Å²) in [5, 5.41) is 3.84. The van der Waals surface area contributed by atoms with E-state index in [0.717, 1.165) is 0 Å². The van der Waals surface area contributed by atoms with Crippen LogP contribution in [0.4, 0.5) is 0 Å². The van der Waals surface area contributed by atoms with Crippen molar-refractivity contribution >= 4 is 5.91 Å². The molecular weight excluding hydrogens is 228 g/mol. The van der Waals surface area contributed by atoms with Crippen LogP contribution in [-0.4, -0.2) is 16.0 Å². The molecular formula is C14H14N2O2. The SMILES string of the molecule is Cc1noc(C)c1C(=O)N1Cc2ccccc2C1. The second-order valence-electron chi connectivity index (χ2n) is 4.63. The van der Waals surface area contributed by atoms with Gasteiger partial charge in [0, 0.05) is 13.1 Å². The van der Waals surface area contributed by atoms with Crippen LogP contribution in [0, 0.1) is 13.8 Å². The Kier molecular flexibility index (Phi) is 2.44. The summed E-state index contributed by atoms with van der Waals surface area (Å²) in [7, 11) is 0. The van der Waals surface area contributed by atoms with Gasteiger partial charge in [-0.2, -0.15) is 0 Å². The first-order chi connectivity index (χ1) is 8.66. The molecule has 0 saturated heterocycles. The number of benzene rings is 1. The van der Waals surface area contributed by atoms with Crippen molar-refractivity contribution in [2.24, 2.45) is 0 Å². The largest absolute Gasteiger partial charge is 0.361 e. The third-order valence-corrected chi connectivity index (χ3v) is 3.38. The van der Waals surface area contributed by atoms with Gasteiger partial charge in [-0.1, -0.05) is 29.4 Å². The first-order valence-electron chi connectivity index (χ1n) is 5.95. The van der Waals surface area contributed by atoms with Gasteiger partial charge in [0.1, 0.15) is 11.3 Å². The minimum atomic E-state index is 0.00227. The Bertz CT molecular complexity index is 572. The molecule has 1 amide bonds. The molecule has 2 heterocycles. The van der Waals surface area contributed by atoms with Crippen LogP contribution in [-0.2, 0) is 13.1 Å². The van der Waals surface area contributed by atoms with E-state index < -0.39 is 0 Å². The molecule has 1 aliphatic rings. The first kappa shape index (κ1) is 11.0. The molecule has 0 fully saturated rings. The van der Waals surface area contributed by atoms with Crippen LogP contribution in [0.1, 0.15) is 32.9 Å². The molecule has 2 aromatic rings. The fraction of sp³-hybridized carbons (Fsp3) is 0.286. The van der Waals surface area contributed by atoms with Crippen LogP contribution in [0.5, 0.6) is 0 Å². The average Bonchev–Trinajstić information content (AvgIpc) is 2.92. The van der Waals surface area contributed by atoms with Gasteiger partial charge in [-0.3, -0.25) is 4.79 Å². The maximum Gasteiger partial charge on any atom is 0.259 e. The highest BCUT2D eigenvalue weighted by atomic mass is 16.5. The molecule has 0 unspecified atom stereocenters. The Morgan fingerprint density at radius 1 is 1.22 bits per heavy atom. The third kappa shape index (κ3) is 1.61. The van der Waals surface area contributed by atoms with Gasteiger partial charge in [0.2, 0.25) is 0 Å². The summed E-state index contributed by atoms with van der Waals surface area (Å²) < 4.78 is 5.06. The predicted octanol–water partition coefficient (Wildman–Crippen LogP) is 2.45. The van der Waals surface area contributed by atoms with E-state index in [-0.39, 0.29) is 5.91 Å². The van der Waals surface area contributed by atoms with Crippen LogP contribution >= 0.6 is 0 Å². The summed E-state index contributed by atoms with van der Waals surface area (Å²) in [5.74, 6) is 0.593. The Morgan fingerprint density at radius 3 is 2.33 bits per heavy atom. The van der Waals surface area contributed by atoms with E-state index in [1.54, 1.807) is 13.8 Å². The van der Waals surface area contributed by atoms with Crippen LogP contribution in [0.15, 0.2) is 28.8 Å². The Labute approximate surface area is 105 Å². The lowest BCUT2D eigenvalue weighted by Gasteiger charge is -2.14. The Morgan fingerprint density at radius 2 is 1.83 bits per heavy atom. The summed E-state index contributed by atoms with van der Waals surface area (Å²) in [6, 6.07) is 8.14. The summed E-state index contributed by atoms with van der Waals surface area (Å²) in [5.41, 5.74) is 3.70. The van der Waals surface area contributed by atoms with E-state index in [4.69, 9.17) is 4.52 Å². The Balaban J connectivity index is 1.89. The fourth-order valence-corrected chi connectivity index (χ4v) is 2.42. The second-order valence-corrected chi connectivity index (χ2v) is 4.63. The van der Waals surface area contributed by atoms with Crippen LogP contribution in [0.3, 0.4) is 0 Å². The average molecular weight is 242 g/mol. The molecule has 0 radical (unpaired) electrons. The molecule has 3 rings (SSSR count). The number of fused-ring (bicyclic) bond motifs is 1. The van der Waals surface area contributed by atoms with Gasteiger partial charge >= 0.3 is 0 Å². The highest BCUT2D eigenvalue weighted by molar-refractivity contribution is 5.96. The van der Waals surface area contributed by atoms with Crippen molar-refractivity contribution in [3.63, 3.8) is 0 Å². The van der Waals surface area contributed by atoms with Crippen molar-refractivity contribution in [3.05, 3.63) is 52.4 Å². The zero-order valence-corrected chi connectivity index (χ0v) is 10.4. The van der Waals surface area contributed by atoms with Crippen molar-refractivity contribution in [1.29, 1.82) is 0 Å². The van der Waals surface area contributed by atoms with Crippen molar-refractivity contribution < 1.29 is 9.32 Å². The molecule has 0 atom stereocenters. The molecule has 0 bridgehead atoms. The monoisotopic (exact) mass is 242 g/mol. The third-order valence-electron chi connectivity index (χ3n) is 3.38. The molecule has 0 N–H and O–H groups in total. The van der Waals surface area contributed by atoms with Crippen LogP contribution in [0.25, 0.3) is 0 Å². The lowest BCUT2D eigenvalue weighted by Crippen LogP contribution is -2.26. The smallest absolute Gasteiger partial charge is 0.259 e. The molecule has 0 aliphatic carbocycles. The van der Waals surface area contributed by atoms with Crippen LogP contribution in [0.2, 0.25) is 0 Å². The van der Waals surface area contributed by atoms with E-state index in [1.807, 2.05) is 17.0 Å². The zero-order valence-electron chi connectivity index (χ0n) is 10.4. The molecule has 0 spiro atoms. The maximum absolute atomic E-state index is 12.4. The first-order valence-corrected chi connectivity index (χ1v) is 5.95. The topological polar surface area (TPSA) is 46.3 Å². The fourth-order valence-electron chi connectivity index (χ4n) is 2.42. The minimum Gasteiger partial charge on any atom is -0.361 e. The molecule has 92 valence electrons. The number of amides is 1. The second kappa shape index (κ2) is 3.98. The number of nitrogens with zero attached hydrogens (tertiary/aromatic N) is 2. The van der Waals surface area contributed by atoms with E-state index >= 15 is 0 Å². The van der Waals surface area contributed by atoms with E-state index in [1.165, 1.54) is 11.1 Å². The molecule has 4 nitrogen and oxygen atoms in total. The molecule has 4 heteroatoms. The number of carbonyl (C=O) groups is 1. The van der Waals surface area contributed by atoms with Crippen LogP contribution < -0.4 is 0 Å². The van der Waals surface area contributed by atoms with Crippen molar-refractivity contribution in [3.8, 4) is 0 Å². The van der Waals surface area contributed by atoms with Gasteiger partial charge in [-0.05, 0) is 25.0 Å². The molecule has 0 saturated carbocycles. The van der Waals surface area contributed by atoms with Crippen molar-refractivity contribution in [1.82, 2.24) is 10.1 Å². The molecule has 1 aromatic carbocycles. The van der Waals surface area contributed by atoms with Crippen molar-refractivity contribution in [2.75, 3.05) is 0 Å². The predicted molar refractivity (Wildman–Crippen MR) is 66.0 cm³/mol. The number of aromatic nitrogens is 1. The lowest BCUT2D eigenvalue weighted by atomic mass is 10.1. The van der Waals surface area contributed by atoms with E-state index in [2.05, 4.69) is 17.3 Å². The van der Waals surface area contributed by atoms with Gasteiger partial charge in [-0.15, -0.1) is 0 Å². The Hall–Kier alpha value is -2.10. The number of rotatable bonds is 1. The summed E-state index contributed by atoms with van der Waals surface area (Å²) in [6.45, 7) is 4.90. The summed E-state index contributed by atoms with van der Waals surface area (Å²) >= 11 is 0. The molecule has 1 aromatic heterocycles. The van der Waals surface area contributed by atoms with E-state index in [9.17, 15) is 4.79 Å². The highest BCUT2D eigenvalue weighted by Crippen LogP contribution is 2.25. The summed E-state index contributed by atoms with van der Waals surface area (Å²) in [4.78, 5) is 14.3. The minimum absolute atomic E-state index is 0.00227. The summed E-state index contributed by atoms with van der Waals surface area (Å²) in [6.07, 6.45) is 0. The lowest BCUT2D eigenvalue weighted by molar-refractivity contribution is 0.0749. The van der Waals surface area contributed by atoms with E-state index in [0.29, 0.717) is 30.1 Å². The maximum atomic E-state index is 12.4. The number of hydrogen-bond donors (Lipinski definition) is 0. The van der Waals surface area contributed by atoms with Gasteiger partial charge < -0.3 is 9.42 Å². The number of hydrogen-bond acceptors (Lipinski definition) is 3. The van der Waals surface area contributed by atoms with Gasteiger partial charge in [0.05, 0.1) is 5.69 Å². The quantitative estimate of drug-likeness (QED) is 0.771. The van der Waals surface area contributed by atoms with Crippen molar-refractivity contribution in [2.45, 2.75) is 26.9 Å². The van der Waals surface area contributed by atoms with Gasteiger partial charge in [-0.25, -0.2) is 0 Å². The number of aryl methyl sites for hydroxylation is 2.